The molecular formula is C22H24N4O2. The first kappa shape index (κ1) is 18.4. The van der Waals surface area contributed by atoms with E-state index in [1.54, 1.807) is 12.5 Å². The lowest BCUT2D eigenvalue weighted by Crippen LogP contribution is -2.43. The highest BCUT2D eigenvalue weighted by molar-refractivity contribution is 5.94. The lowest BCUT2D eigenvalue weighted by Gasteiger charge is -2.35. The third-order valence-corrected chi connectivity index (χ3v) is 5.06. The predicted octanol–water partition coefficient (Wildman–Crippen LogP) is 2.68. The third kappa shape index (κ3) is 4.30. The molecule has 0 bridgehead atoms. The van der Waals surface area contributed by atoms with Crippen LogP contribution in [-0.2, 0) is 4.74 Å². The second-order valence-corrected chi connectivity index (χ2v) is 6.80. The van der Waals surface area contributed by atoms with E-state index in [1.165, 1.54) is 5.56 Å². The van der Waals surface area contributed by atoms with Crippen LogP contribution < -0.4 is 5.32 Å². The minimum atomic E-state index is -0.0635. The zero-order valence-electron chi connectivity index (χ0n) is 15.7. The molecule has 3 aromatic rings. The van der Waals surface area contributed by atoms with E-state index in [-0.39, 0.29) is 11.9 Å². The standard InChI is InChI=1S/C22H24N4O2/c27-22(19-6-8-20(9-7-19)26-11-10-23-17-26)24-16-21(18-4-2-1-3-5-18)25-12-14-28-15-13-25/h1-11,17,21H,12-16H2,(H,24,27). The molecule has 1 saturated heterocycles. The van der Waals surface area contributed by atoms with Gasteiger partial charge < -0.3 is 14.6 Å². The smallest absolute Gasteiger partial charge is 0.251 e. The molecule has 6 nitrogen and oxygen atoms in total. The monoisotopic (exact) mass is 376 g/mol. The third-order valence-electron chi connectivity index (χ3n) is 5.06. The van der Waals surface area contributed by atoms with Crippen LogP contribution in [0.5, 0.6) is 0 Å². The Labute approximate surface area is 164 Å². The number of hydrogen-bond acceptors (Lipinski definition) is 4. The van der Waals surface area contributed by atoms with Crippen molar-refractivity contribution in [3.63, 3.8) is 0 Å². The second-order valence-electron chi connectivity index (χ2n) is 6.80. The maximum Gasteiger partial charge on any atom is 0.251 e. The van der Waals surface area contributed by atoms with E-state index in [0.717, 1.165) is 32.0 Å². The Balaban J connectivity index is 1.43. The lowest BCUT2D eigenvalue weighted by molar-refractivity contribution is 0.0162. The van der Waals surface area contributed by atoms with Gasteiger partial charge in [-0.1, -0.05) is 30.3 Å². The fourth-order valence-corrected chi connectivity index (χ4v) is 3.51. The Morgan fingerprint density at radius 3 is 2.50 bits per heavy atom. The largest absolute Gasteiger partial charge is 0.379 e. The number of carbonyl (C=O) groups excluding carboxylic acids is 1. The van der Waals surface area contributed by atoms with E-state index in [1.807, 2.05) is 53.2 Å². The highest BCUT2D eigenvalue weighted by Gasteiger charge is 2.23. The Morgan fingerprint density at radius 2 is 1.82 bits per heavy atom. The summed E-state index contributed by atoms with van der Waals surface area (Å²) in [6.07, 6.45) is 5.35. The van der Waals surface area contributed by atoms with Gasteiger partial charge in [-0.3, -0.25) is 9.69 Å². The van der Waals surface area contributed by atoms with Crippen LogP contribution >= 0.6 is 0 Å². The number of morpholine rings is 1. The fourth-order valence-electron chi connectivity index (χ4n) is 3.51. The molecule has 4 rings (SSSR count). The van der Waals surface area contributed by atoms with Gasteiger partial charge in [-0.2, -0.15) is 0 Å². The molecule has 0 saturated carbocycles. The zero-order valence-corrected chi connectivity index (χ0v) is 15.7. The van der Waals surface area contributed by atoms with Crippen LogP contribution in [0.25, 0.3) is 5.69 Å². The predicted molar refractivity (Wildman–Crippen MR) is 107 cm³/mol. The van der Waals surface area contributed by atoms with E-state index < -0.39 is 0 Å². The molecule has 1 aliphatic rings. The number of carbonyl (C=O) groups is 1. The number of ether oxygens (including phenoxy) is 1. The van der Waals surface area contributed by atoms with Crippen molar-refractivity contribution in [2.75, 3.05) is 32.8 Å². The molecule has 1 N–H and O–H groups in total. The molecular weight excluding hydrogens is 352 g/mol. The lowest BCUT2D eigenvalue weighted by atomic mass is 10.0. The van der Waals surface area contributed by atoms with Crippen LogP contribution in [0.15, 0.2) is 73.3 Å². The molecule has 1 aliphatic heterocycles. The quantitative estimate of drug-likeness (QED) is 0.719. The van der Waals surface area contributed by atoms with Crippen LogP contribution in [0.2, 0.25) is 0 Å². The molecule has 0 radical (unpaired) electrons. The molecule has 2 heterocycles. The van der Waals surface area contributed by atoms with Gasteiger partial charge in [0.1, 0.15) is 0 Å². The summed E-state index contributed by atoms with van der Waals surface area (Å²) < 4.78 is 7.40. The Morgan fingerprint density at radius 1 is 1.07 bits per heavy atom. The highest BCUT2D eigenvalue weighted by Crippen LogP contribution is 2.21. The minimum absolute atomic E-state index is 0.0635. The van der Waals surface area contributed by atoms with Gasteiger partial charge in [0.2, 0.25) is 0 Å². The number of hydrogen-bond donors (Lipinski definition) is 1. The molecule has 1 atom stereocenters. The van der Waals surface area contributed by atoms with Crippen LogP contribution in [0.4, 0.5) is 0 Å². The Hall–Kier alpha value is -2.96. The molecule has 1 fully saturated rings. The zero-order chi connectivity index (χ0) is 19.2. The summed E-state index contributed by atoms with van der Waals surface area (Å²) in [4.78, 5) is 19.1. The normalized spacial score (nSPS) is 15.9. The first-order valence-electron chi connectivity index (χ1n) is 9.54. The summed E-state index contributed by atoms with van der Waals surface area (Å²) in [5.74, 6) is -0.0635. The van der Waals surface area contributed by atoms with Gasteiger partial charge >= 0.3 is 0 Å². The molecule has 1 unspecified atom stereocenters. The Kier molecular flexibility index (Phi) is 5.80. The molecule has 2 aromatic carbocycles. The van der Waals surface area contributed by atoms with Gasteiger partial charge in [-0.15, -0.1) is 0 Å². The average molecular weight is 376 g/mol. The average Bonchev–Trinajstić information content (AvgIpc) is 3.30. The van der Waals surface area contributed by atoms with Crippen molar-refractivity contribution in [1.82, 2.24) is 19.8 Å². The Bertz CT molecular complexity index is 873. The van der Waals surface area contributed by atoms with E-state index in [9.17, 15) is 4.79 Å². The molecule has 28 heavy (non-hydrogen) atoms. The van der Waals surface area contributed by atoms with Gasteiger partial charge in [-0.25, -0.2) is 4.98 Å². The molecule has 6 heteroatoms. The molecule has 1 aromatic heterocycles. The van der Waals surface area contributed by atoms with E-state index in [2.05, 4.69) is 27.3 Å². The van der Waals surface area contributed by atoms with E-state index in [0.29, 0.717) is 12.1 Å². The number of nitrogens with one attached hydrogen (secondary N) is 1. The van der Waals surface area contributed by atoms with Crippen molar-refractivity contribution in [2.24, 2.45) is 0 Å². The van der Waals surface area contributed by atoms with Crippen LogP contribution in [0, 0.1) is 0 Å². The summed E-state index contributed by atoms with van der Waals surface area (Å²) in [5, 5.41) is 3.11. The summed E-state index contributed by atoms with van der Waals surface area (Å²) in [6.45, 7) is 3.76. The number of amides is 1. The van der Waals surface area contributed by atoms with Gasteiger partial charge in [0.15, 0.2) is 0 Å². The molecule has 0 spiro atoms. The molecule has 0 aliphatic carbocycles. The SMILES string of the molecule is O=C(NCC(c1ccccc1)N1CCOCC1)c1ccc(-n2ccnc2)cc1. The summed E-state index contributed by atoms with van der Waals surface area (Å²) in [7, 11) is 0. The van der Waals surface area contributed by atoms with Gasteiger partial charge in [0.25, 0.3) is 5.91 Å². The van der Waals surface area contributed by atoms with Crippen LogP contribution in [-0.4, -0.2) is 53.2 Å². The minimum Gasteiger partial charge on any atom is -0.379 e. The second kappa shape index (κ2) is 8.82. The first-order valence-corrected chi connectivity index (χ1v) is 9.54. The van der Waals surface area contributed by atoms with Crippen LogP contribution in [0.1, 0.15) is 22.0 Å². The first-order chi connectivity index (χ1) is 13.8. The number of imidazole rings is 1. The maximum absolute atomic E-state index is 12.7. The topological polar surface area (TPSA) is 59.4 Å². The van der Waals surface area contributed by atoms with Crippen molar-refractivity contribution < 1.29 is 9.53 Å². The van der Waals surface area contributed by atoms with Crippen molar-refractivity contribution in [3.05, 3.63) is 84.4 Å². The van der Waals surface area contributed by atoms with Gasteiger partial charge in [0.05, 0.1) is 25.6 Å². The van der Waals surface area contributed by atoms with Gasteiger partial charge in [0, 0.05) is 43.3 Å². The molecule has 1 amide bonds. The van der Waals surface area contributed by atoms with Gasteiger partial charge in [-0.05, 0) is 29.8 Å². The van der Waals surface area contributed by atoms with Crippen LogP contribution in [0.3, 0.4) is 0 Å². The summed E-state index contributed by atoms with van der Waals surface area (Å²) >= 11 is 0. The summed E-state index contributed by atoms with van der Waals surface area (Å²) in [6, 6.07) is 18.0. The number of benzene rings is 2. The van der Waals surface area contributed by atoms with Crippen molar-refractivity contribution >= 4 is 5.91 Å². The van der Waals surface area contributed by atoms with E-state index in [4.69, 9.17) is 4.74 Å². The van der Waals surface area contributed by atoms with Crippen molar-refractivity contribution in [1.29, 1.82) is 0 Å². The van der Waals surface area contributed by atoms with Crippen molar-refractivity contribution in [2.45, 2.75) is 6.04 Å². The fraction of sp³-hybridized carbons (Fsp3) is 0.273. The highest BCUT2D eigenvalue weighted by atomic mass is 16.5. The number of rotatable bonds is 6. The maximum atomic E-state index is 12.7. The molecule has 144 valence electrons. The van der Waals surface area contributed by atoms with Crippen molar-refractivity contribution in [3.8, 4) is 5.69 Å². The number of aromatic nitrogens is 2. The van der Waals surface area contributed by atoms with E-state index >= 15 is 0 Å². The number of nitrogens with zero attached hydrogens (tertiary/aromatic N) is 3. The summed E-state index contributed by atoms with van der Waals surface area (Å²) in [5.41, 5.74) is 2.84.